The van der Waals surface area contributed by atoms with E-state index >= 15 is 0 Å². The SMILES string of the molecule is NN.OB(O)Oc1c(F)c(F)c(F)c(F)c1F. The second kappa shape index (κ2) is 6.34. The number of halogens is 5. The summed E-state index contributed by atoms with van der Waals surface area (Å²) < 4.78 is 66.3. The summed E-state index contributed by atoms with van der Waals surface area (Å²) in [7, 11) is -2.70. The van der Waals surface area contributed by atoms with Gasteiger partial charge in [-0.15, -0.1) is 0 Å². The molecule has 0 aliphatic carbocycles. The molecule has 0 aliphatic heterocycles. The zero-order valence-electron chi connectivity index (χ0n) is 7.92. The van der Waals surface area contributed by atoms with E-state index in [9.17, 15) is 22.0 Å². The fourth-order valence-electron chi connectivity index (χ4n) is 0.794. The van der Waals surface area contributed by atoms with Gasteiger partial charge in [-0.1, -0.05) is 0 Å². The number of hydrazine groups is 1. The van der Waals surface area contributed by atoms with Crippen LogP contribution in [-0.2, 0) is 0 Å². The highest BCUT2D eigenvalue weighted by Crippen LogP contribution is 2.28. The van der Waals surface area contributed by atoms with Crippen LogP contribution in [0.15, 0.2) is 0 Å². The lowest BCUT2D eigenvalue weighted by molar-refractivity contribution is 0.263. The molecule has 0 saturated carbocycles. The zero-order chi connectivity index (χ0) is 13.7. The van der Waals surface area contributed by atoms with Gasteiger partial charge in [0.1, 0.15) is 0 Å². The Bertz CT molecular complexity index is 377. The van der Waals surface area contributed by atoms with Crippen molar-refractivity contribution in [1.82, 2.24) is 0 Å². The third-order valence-electron chi connectivity index (χ3n) is 1.39. The van der Waals surface area contributed by atoms with Crippen LogP contribution >= 0.6 is 0 Å². The Morgan fingerprint density at radius 1 is 0.765 bits per heavy atom. The van der Waals surface area contributed by atoms with E-state index in [1.54, 1.807) is 0 Å². The van der Waals surface area contributed by atoms with Gasteiger partial charge in [-0.05, 0) is 0 Å². The summed E-state index contributed by atoms with van der Waals surface area (Å²) in [4.78, 5) is 0. The predicted molar refractivity (Wildman–Crippen MR) is 45.4 cm³/mol. The first-order valence-electron chi connectivity index (χ1n) is 3.73. The average molecular weight is 260 g/mol. The molecule has 0 aromatic heterocycles. The lowest BCUT2D eigenvalue weighted by Gasteiger charge is -2.08. The van der Waals surface area contributed by atoms with E-state index < -0.39 is 42.2 Å². The summed E-state index contributed by atoms with van der Waals surface area (Å²) in [5.74, 6) is -5.13. The van der Waals surface area contributed by atoms with Crippen LogP contribution in [0.25, 0.3) is 0 Å². The van der Waals surface area contributed by atoms with Gasteiger partial charge in [0.15, 0.2) is 5.75 Å². The van der Waals surface area contributed by atoms with Crippen molar-refractivity contribution < 1.29 is 36.7 Å². The zero-order valence-corrected chi connectivity index (χ0v) is 7.92. The van der Waals surface area contributed by atoms with Crippen molar-refractivity contribution in [2.45, 2.75) is 0 Å². The van der Waals surface area contributed by atoms with Crippen LogP contribution in [0.4, 0.5) is 22.0 Å². The summed E-state index contributed by atoms with van der Waals surface area (Å²) in [6, 6.07) is 0. The topological polar surface area (TPSA) is 102 Å². The standard InChI is InChI=1S/C6H2BF5O3.H4N2/c8-1-2(9)4(11)6(15-7(13)14)5(12)3(1)10;1-2/h13-14H;1-2H2. The Morgan fingerprint density at radius 3 is 1.35 bits per heavy atom. The van der Waals surface area contributed by atoms with Crippen LogP contribution in [0.2, 0.25) is 0 Å². The van der Waals surface area contributed by atoms with Gasteiger partial charge in [0.05, 0.1) is 0 Å². The molecule has 0 radical (unpaired) electrons. The molecule has 5 nitrogen and oxygen atoms in total. The molecule has 0 atom stereocenters. The monoisotopic (exact) mass is 260 g/mol. The fraction of sp³-hybridized carbons (Fsp3) is 0. The van der Waals surface area contributed by atoms with Gasteiger partial charge in [-0.3, -0.25) is 11.7 Å². The second-order valence-electron chi connectivity index (χ2n) is 2.34. The molecule has 0 unspecified atom stereocenters. The molecule has 0 amide bonds. The Balaban J connectivity index is 0.00000121. The van der Waals surface area contributed by atoms with E-state index in [2.05, 4.69) is 16.3 Å². The molecule has 0 aliphatic rings. The van der Waals surface area contributed by atoms with Crippen LogP contribution in [0.5, 0.6) is 5.75 Å². The minimum Gasteiger partial charge on any atom is -0.507 e. The molecular formula is C6H6BF5N2O3. The Labute approximate surface area is 91.5 Å². The van der Waals surface area contributed by atoms with Crippen LogP contribution in [-0.4, -0.2) is 17.4 Å². The molecule has 1 aromatic carbocycles. The van der Waals surface area contributed by atoms with Crippen molar-refractivity contribution in [3.63, 3.8) is 0 Å². The molecule has 17 heavy (non-hydrogen) atoms. The van der Waals surface area contributed by atoms with Gasteiger partial charge in [-0.25, -0.2) is 13.2 Å². The lowest BCUT2D eigenvalue weighted by atomic mass is 10.2. The van der Waals surface area contributed by atoms with Gasteiger partial charge in [0.25, 0.3) is 0 Å². The van der Waals surface area contributed by atoms with E-state index in [-0.39, 0.29) is 0 Å². The molecular weight excluding hydrogens is 254 g/mol. The molecule has 11 heteroatoms. The quantitative estimate of drug-likeness (QED) is 0.144. The summed E-state index contributed by atoms with van der Waals surface area (Å²) in [5, 5.41) is 16.3. The number of hydrogen-bond donors (Lipinski definition) is 4. The van der Waals surface area contributed by atoms with Gasteiger partial charge in [0, 0.05) is 0 Å². The first-order valence-corrected chi connectivity index (χ1v) is 3.73. The molecule has 1 rings (SSSR count). The number of nitrogens with two attached hydrogens (primary N) is 2. The van der Waals surface area contributed by atoms with Gasteiger partial charge >= 0.3 is 7.32 Å². The normalized spacial score (nSPS) is 9.47. The maximum Gasteiger partial charge on any atom is 0.707 e. The smallest absolute Gasteiger partial charge is 0.507 e. The van der Waals surface area contributed by atoms with E-state index in [0.29, 0.717) is 0 Å². The molecule has 96 valence electrons. The van der Waals surface area contributed by atoms with Crippen LogP contribution in [0.1, 0.15) is 0 Å². The summed E-state index contributed by atoms with van der Waals surface area (Å²) >= 11 is 0. The second-order valence-corrected chi connectivity index (χ2v) is 2.34. The van der Waals surface area contributed by atoms with Crippen LogP contribution in [0.3, 0.4) is 0 Å². The van der Waals surface area contributed by atoms with Crippen LogP contribution in [0, 0.1) is 29.1 Å². The first kappa shape index (κ1) is 15.6. The highest BCUT2D eigenvalue weighted by Gasteiger charge is 2.29. The highest BCUT2D eigenvalue weighted by atomic mass is 19.2. The van der Waals surface area contributed by atoms with Crippen molar-refractivity contribution in [2.24, 2.45) is 11.7 Å². The Hall–Kier alpha value is -1.43. The number of hydrogen-bond acceptors (Lipinski definition) is 5. The van der Waals surface area contributed by atoms with Crippen molar-refractivity contribution in [3.05, 3.63) is 29.1 Å². The molecule has 6 N–H and O–H groups in total. The van der Waals surface area contributed by atoms with E-state index in [1.807, 2.05) is 0 Å². The Kier molecular flexibility index (Phi) is 5.81. The van der Waals surface area contributed by atoms with Crippen LogP contribution < -0.4 is 16.3 Å². The fourth-order valence-corrected chi connectivity index (χ4v) is 0.794. The van der Waals surface area contributed by atoms with E-state index in [0.717, 1.165) is 0 Å². The van der Waals surface area contributed by atoms with Crippen molar-refractivity contribution >= 4 is 7.32 Å². The number of rotatable bonds is 2. The summed E-state index contributed by atoms with van der Waals surface area (Å²) in [5.41, 5.74) is 0. The van der Waals surface area contributed by atoms with Crippen molar-refractivity contribution in [1.29, 1.82) is 0 Å². The van der Waals surface area contributed by atoms with Gasteiger partial charge in [0.2, 0.25) is 29.1 Å². The van der Waals surface area contributed by atoms with Gasteiger partial charge in [-0.2, -0.15) is 8.78 Å². The summed E-state index contributed by atoms with van der Waals surface area (Å²) in [6.45, 7) is 0. The minimum absolute atomic E-state index is 1.75. The minimum atomic E-state index is -2.70. The van der Waals surface area contributed by atoms with E-state index in [1.165, 1.54) is 0 Å². The van der Waals surface area contributed by atoms with E-state index in [4.69, 9.17) is 10.0 Å². The van der Waals surface area contributed by atoms with Crippen molar-refractivity contribution in [3.8, 4) is 5.75 Å². The highest BCUT2D eigenvalue weighted by molar-refractivity contribution is 6.33. The number of benzene rings is 1. The third kappa shape index (κ3) is 3.26. The molecule has 0 bridgehead atoms. The third-order valence-corrected chi connectivity index (χ3v) is 1.39. The molecule has 0 fully saturated rings. The largest absolute Gasteiger partial charge is 0.707 e. The molecule has 0 spiro atoms. The predicted octanol–water partition coefficient (Wildman–Crippen LogP) is -0.451. The molecule has 1 aromatic rings. The maximum absolute atomic E-state index is 12.7. The Morgan fingerprint density at radius 2 is 1.06 bits per heavy atom. The maximum atomic E-state index is 12.7. The molecule has 0 saturated heterocycles. The van der Waals surface area contributed by atoms with Gasteiger partial charge < -0.3 is 14.7 Å². The first-order chi connectivity index (χ1) is 7.86. The molecule has 0 heterocycles. The lowest BCUT2D eigenvalue weighted by Crippen LogP contribution is -2.23. The average Bonchev–Trinajstić information content (AvgIpc) is 2.32. The van der Waals surface area contributed by atoms with Crippen molar-refractivity contribution in [2.75, 3.05) is 0 Å². The summed E-state index contributed by atoms with van der Waals surface area (Å²) in [6.07, 6.45) is 0.